The molecular formula is C16H23FN2O2. The van der Waals surface area contributed by atoms with Crippen molar-refractivity contribution in [2.75, 3.05) is 20.2 Å². The highest BCUT2D eigenvalue weighted by molar-refractivity contribution is 5.94. The number of ether oxygens (including phenoxy) is 1. The van der Waals surface area contributed by atoms with Crippen LogP contribution in [0.4, 0.5) is 4.39 Å². The maximum absolute atomic E-state index is 13.8. The van der Waals surface area contributed by atoms with Crippen molar-refractivity contribution in [2.24, 2.45) is 11.7 Å². The van der Waals surface area contributed by atoms with Gasteiger partial charge < -0.3 is 15.4 Å². The molecule has 0 aromatic heterocycles. The van der Waals surface area contributed by atoms with Gasteiger partial charge in [0.15, 0.2) is 11.6 Å². The summed E-state index contributed by atoms with van der Waals surface area (Å²) < 4.78 is 18.6. The Hall–Kier alpha value is -1.62. The predicted molar refractivity (Wildman–Crippen MR) is 79.8 cm³/mol. The van der Waals surface area contributed by atoms with Crippen LogP contribution in [0.2, 0.25) is 0 Å². The van der Waals surface area contributed by atoms with Crippen molar-refractivity contribution in [3.63, 3.8) is 0 Å². The molecule has 21 heavy (non-hydrogen) atoms. The molecule has 2 atom stereocenters. The quantitative estimate of drug-likeness (QED) is 0.928. The predicted octanol–water partition coefficient (Wildman–Crippen LogP) is 2.42. The first-order valence-electron chi connectivity index (χ1n) is 7.45. The smallest absolute Gasteiger partial charge is 0.254 e. The molecule has 1 saturated heterocycles. The third-order valence-corrected chi connectivity index (χ3v) is 4.33. The van der Waals surface area contributed by atoms with Gasteiger partial charge in [-0.15, -0.1) is 0 Å². The Bertz CT molecular complexity index is 507. The minimum absolute atomic E-state index is 0.0429. The van der Waals surface area contributed by atoms with E-state index in [4.69, 9.17) is 10.5 Å². The van der Waals surface area contributed by atoms with E-state index >= 15 is 0 Å². The van der Waals surface area contributed by atoms with E-state index in [1.54, 1.807) is 11.0 Å². The molecule has 0 saturated carbocycles. The highest BCUT2D eigenvalue weighted by Gasteiger charge is 2.30. The molecule has 1 aromatic carbocycles. The maximum Gasteiger partial charge on any atom is 0.254 e. The Kier molecular flexibility index (Phi) is 5.17. The van der Waals surface area contributed by atoms with Crippen LogP contribution in [-0.2, 0) is 0 Å². The van der Waals surface area contributed by atoms with Crippen molar-refractivity contribution in [1.29, 1.82) is 0 Å². The van der Waals surface area contributed by atoms with Gasteiger partial charge in [0.2, 0.25) is 0 Å². The maximum atomic E-state index is 13.8. The molecule has 4 nitrogen and oxygen atoms in total. The zero-order chi connectivity index (χ0) is 15.4. The molecule has 1 fully saturated rings. The number of benzene rings is 1. The van der Waals surface area contributed by atoms with Crippen LogP contribution in [0.15, 0.2) is 18.2 Å². The first kappa shape index (κ1) is 15.8. The second-order valence-corrected chi connectivity index (χ2v) is 5.54. The lowest BCUT2D eigenvalue weighted by molar-refractivity contribution is 0.0558. The highest BCUT2D eigenvalue weighted by atomic mass is 19.1. The van der Waals surface area contributed by atoms with Crippen LogP contribution < -0.4 is 10.5 Å². The summed E-state index contributed by atoms with van der Waals surface area (Å²) in [5.41, 5.74) is 6.16. The van der Waals surface area contributed by atoms with E-state index in [0.29, 0.717) is 24.6 Å². The molecule has 0 aliphatic carbocycles. The van der Waals surface area contributed by atoms with Gasteiger partial charge in [0.25, 0.3) is 5.91 Å². The van der Waals surface area contributed by atoms with E-state index in [1.807, 2.05) is 0 Å². The molecule has 5 heteroatoms. The van der Waals surface area contributed by atoms with Crippen molar-refractivity contribution >= 4 is 5.91 Å². The van der Waals surface area contributed by atoms with Crippen molar-refractivity contribution in [1.82, 2.24) is 4.90 Å². The van der Waals surface area contributed by atoms with Crippen LogP contribution in [-0.4, -0.2) is 37.0 Å². The van der Waals surface area contributed by atoms with Gasteiger partial charge in [-0.1, -0.05) is 13.3 Å². The third-order valence-electron chi connectivity index (χ3n) is 4.33. The zero-order valence-electron chi connectivity index (χ0n) is 12.6. The van der Waals surface area contributed by atoms with Crippen LogP contribution >= 0.6 is 0 Å². The van der Waals surface area contributed by atoms with Gasteiger partial charge in [-0.25, -0.2) is 4.39 Å². The largest absolute Gasteiger partial charge is 0.494 e. The Morgan fingerprint density at radius 3 is 2.86 bits per heavy atom. The van der Waals surface area contributed by atoms with Crippen LogP contribution in [0, 0.1) is 11.7 Å². The first-order valence-corrected chi connectivity index (χ1v) is 7.45. The van der Waals surface area contributed by atoms with Crippen molar-refractivity contribution in [2.45, 2.75) is 32.2 Å². The summed E-state index contributed by atoms with van der Waals surface area (Å²) in [5, 5.41) is 0. The molecule has 2 unspecified atom stereocenters. The van der Waals surface area contributed by atoms with E-state index in [-0.39, 0.29) is 17.7 Å². The lowest BCUT2D eigenvalue weighted by Gasteiger charge is -2.39. The number of hydrogen-bond donors (Lipinski definition) is 1. The number of likely N-dealkylation sites (tertiary alicyclic amines) is 1. The van der Waals surface area contributed by atoms with Gasteiger partial charge in [-0.3, -0.25) is 4.79 Å². The lowest BCUT2D eigenvalue weighted by Crippen LogP contribution is -2.49. The van der Waals surface area contributed by atoms with E-state index in [0.717, 1.165) is 19.3 Å². The monoisotopic (exact) mass is 294 g/mol. The summed E-state index contributed by atoms with van der Waals surface area (Å²) in [6.45, 7) is 3.29. The van der Waals surface area contributed by atoms with Crippen LogP contribution in [0.3, 0.4) is 0 Å². The van der Waals surface area contributed by atoms with Crippen molar-refractivity contribution < 1.29 is 13.9 Å². The molecule has 2 rings (SSSR count). The number of methoxy groups -OCH3 is 1. The molecule has 1 heterocycles. The minimum atomic E-state index is -0.518. The Morgan fingerprint density at radius 1 is 1.52 bits per heavy atom. The van der Waals surface area contributed by atoms with Crippen molar-refractivity contribution in [3.05, 3.63) is 29.6 Å². The molecule has 0 radical (unpaired) electrons. The molecule has 1 aromatic rings. The second-order valence-electron chi connectivity index (χ2n) is 5.54. The second kappa shape index (κ2) is 6.89. The summed E-state index contributed by atoms with van der Waals surface area (Å²) in [5.74, 6) is 0.0967. The Labute approximate surface area is 125 Å². The number of rotatable bonds is 4. The number of amides is 1. The number of halogens is 1. The summed E-state index contributed by atoms with van der Waals surface area (Å²) in [4.78, 5) is 14.4. The summed E-state index contributed by atoms with van der Waals surface area (Å²) in [7, 11) is 1.40. The van der Waals surface area contributed by atoms with Gasteiger partial charge >= 0.3 is 0 Å². The molecule has 0 bridgehead atoms. The molecule has 116 valence electrons. The lowest BCUT2D eigenvalue weighted by atomic mass is 9.88. The van der Waals surface area contributed by atoms with E-state index in [2.05, 4.69) is 6.92 Å². The number of nitrogens with two attached hydrogens (primary N) is 1. The average Bonchev–Trinajstić information content (AvgIpc) is 2.53. The number of nitrogens with zero attached hydrogens (tertiary/aromatic N) is 1. The molecule has 1 aliphatic heterocycles. The number of hydrogen-bond acceptors (Lipinski definition) is 3. The van der Waals surface area contributed by atoms with Gasteiger partial charge in [0.1, 0.15) is 0 Å². The van der Waals surface area contributed by atoms with Crippen LogP contribution in [0.25, 0.3) is 0 Å². The molecule has 0 spiro atoms. The SMILES string of the molecule is CCC1CCN(C(=O)c2ccc(OC)c(F)c2)C(CN)C1. The van der Waals surface area contributed by atoms with Crippen LogP contribution in [0.5, 0.6) is 5.75 Å². The van der Waals surface area contributed by atoms with Gasteiger partial charge in [0, 0.05) is 24.7 Å². The van der Waals surface area contributed by atoms with Crippen LogP contribution in [0.1, 0.15) is 36.5 Å². The number of piperidine rings is 1. The number of carbonyl (C=O) groups excluding carboxylic acids is 1. The highest BCUT2D eigenvalue weighted by Crippen LogP contribution is 2.27. The summed E-state index contributed by atoms with van der Waals surface area (Å²) in [6.07, 6.45) is 3.02. The fourth-order valence-corrected chi connectivity index (χ4v) is 2.96. The number of carbonyl (C=O) groups is 1. The molecule has 1 amide bonds. The molecular weight excluding hydrogens is 271 g/mol. The average molecular weight is 294 g/mol. The molecule has 2 N–H and O–H groups in total. The fourth-order valence-electron chi connectivity index (χ4n) is 2.96. The first-order chi connectivity index (χ1) is 10.1. The summed E-state index contributed by atoms with van der Waals surface area (Å²) >= 11 is 0. The summed E-state index contributed by atoms with van der Waals surface area (Å²) in [6, 6.07) is 4.37. The molecule has 1 aliphatic rings. The van der Waals surface area contributed by atoms with Gasteiger partial charge in [-0.05, 0) is 37.0 Å². The van der Waals surface area contributed by atoms with E-state index in [1.165, 1.54) is 19.2 Å². The van der Waals surface area contributed by atoms with E-state index in [9.17, 15) is 9.18 Å². The topological polar surface area (TPSA) is 55.6 Å². The third kappa shape index (κ3) is 3.35. The van der Waals surface area contributed by atoms with Gasteiger partial charge in [0.05, 0.1) is 7.11 Å². The zero-order valence-corrected chi connectivity index (χ0v) is 12.6. The van der Waals surface area contributed by atoms with Gasteiger partial charge in [-0.2, -0.15) is 0 Å². The fraction of sp³-hybridized carbons (Fsp3) is 0.562. The van der Waals surface area contributed by atoms with E-state index < -0.39 is 5.82 Å². The van der Waals surface area contributed by atoms with Crippen molar-refractivity contribution in [3.8, 4) is 5.75 Å². The Balaban J connectivity index is 2.17. The minimum Gasteiger partial charge on any atom is -0.494 e. The normalized spacial score (nSPS) is 22.2. The standard InChI is InChI=1S/C16H23FN2O2/c1-3-11-6-7-19(13(8-11)10-18)16(20)12-4-5-15(21-2)14(17)9-12/h4-5,9,11,13H,3,6-8,10,18H2,1-2H3. The Morgan fingerprint density at radius 2 is 2.29 bits per heavy atom.